The number of nitrogens with two attached hydrogens (primary N) is 1. The van der Waals surface area contributed by atoms with E-state index in [2.05, 4.69) is 27.8 Å². The first-order valence-electron chi connectivity index (χ1n) is 11.4. The van der Waals surface area contributed by atoms with Crippen LogP contribution in [0, 0.1) is 5.92 Å². The second-order valence-electron chi connectivity index (χ2n) is 9.09. The van der Waals surface area contributed by atoms with E-state index in [1.165, 1.54) is 17.2 Å². The molecule has 5 rings (SSSR count). The van der Waals surface area contributed by atoms with E-state index < -0.39 is 16.1 Å². The van der Waals surface area contributed by atoms with E-state index in [0.29, 0.717) is 12.0 Å². The van der Waals surface area contributed by atoms with E-state index in [0.717, 1.165) is 31.4 Å². The molecule has 174 valence electrons. The summed E-state index contributed by atoms with van der Waals surface area (Å²) < 4.78 is 31.8. The number of primary sulfonamides is 1. The molecule has 0 saturated heterocycles. The molecule has 0 bridgehead atoms. The minimum atomic E-state index is -3.78. The largest absolute Gasteiger partial charge is 0.393 e. The Labute approximate surface area is 194 Å². The minimum Gasteiger partial charge on any atom is -0.393 e. The number of benzene rings is 2. The maximum atomic E-state index is 11.8. The highest BCUT2D eigenvalue weighted by atomic mass is 32.2. The minimum absolute atomic E-state index is 0.0504. The summed E-state index contributed by atoms with van der Waals surface area (Å²) in [6.45, 7) is 0.215. The maximum absolute atomic E-state index is 11.8. The summed E-state index contributed by atoms with van der Waals surface area (Å²) in [5.41, 5.74) is 4.14. The van der Waals surface area contributed by atoms with E-state index in [1.807, 2.05) is 18.6 Å². The number of hydrogen-bond donors (Lipinski definition) is 2. The molecule has 1 aliphatic heterocycles. The first-order valence-corrected chi connectivity index (χ1v) is 13.0. The van der Waals surface area contributed by atoms with Crippen molar-refractivity contribution in [3.63, 3.8) is 0 Å². The van der Waals surface area contributed by atoms with E-state index in [1.54, 1.807) is 18.2 Å². The van der Waals surface area contributed by atoms with Crippen LogP contribution in [-0.4, -0.2) is 35.3 Å². The topological polar surface area (TPSA) is 107 Å². The normalized spacial score (nSPS) is 23.2. The molecule has 2 atom stereocenters. The molecule has 0 amide bonds. The molecule has 1 fully saturated rings. The van der Waals surface area contributed by atoms with Gasteiger partial charge >= 0.3 is 0 Å². The highest BCUT2D eigenvalue weighted by molar-refractivity contribution is 7.89. The van der Waals surface area contributed by atoms with Crippen molar-refractivity contribution < 1.29 is 18.3 Å². The Kier molecular flexibility index (Phi) is 6.09. The zero-order chi connectivity index (χ0) is 23.0. The second-order valence-corrected chi connectivity index (χ2v) is 10.6. The van der Waals surface area contributed by atoms with Gasteiger partial charge in [-0.25, -0.2) is 18.5 Å². The van der Waals surface area contributed by atoms with Gasteiger partial charge in [0.2, 0.25) is 10.0 Å². The van der Waals surface area contributed by atoms with Crippen LogP contribution in [0.1, 0.15) is 49.3 Å². The van der Waals surface area contributed by atoms with Gasteiger partial charge in [-0.1, -0.05) is 42.5 Å². The fraction of sp³-hybridized carbons (Fsp3) is 0.400. The van der Waals surface area contributed by atoms with Crippen LogP contribution in [0.4, 0.5) is 0 Å². The molecular weight excluding hydrogens is 438 g/mol. The SMILES string of the molecule is NS(=O)(=O)c1ccccc1COC1CCC(C(O)CC2c3ccccc3-c3cncn32)CC1. The lowest BCUT2D eigenvalue weighted by Gasteiger charge is -2.33. The Morgan fingerprint density at radius 2 is 1.82 bits per heavy atom. The van der Waals surface area contributed by atoms with Gasteiger partial charge in [-0.3, -0.25) is 0 Å². The number of imidazole rings is 1. The van der Waals surface area contributed by atoms with Gasteiger partial charge in [0, 0.05) is 5.56 Å². The number of aliphatic hydroxyl groups is 1. The number of hydrogen-bond acceptors (Lipinski definition) is 5. The summed E-state index contributed by atoms with van der Waals surface area (Å²) in [6.07, 6.45) is 7.52. The lowest BCUT2D eigenvalue weighted by molar-refractivity contribution is -0.0166. The van der Waals surface area contributed by atoms with E-state index in [9.17, 15) is 13.5 Å². The van der Waals surface area contributed by atoms with Gasteiger partial charge in [-0.05, 0) is 55.2 Å². The number of ether oxygens (including phenoxy) is 1. The molecule has 0 spiro atoms. The third-order valence-corrected chi connectivity index (χ3v) is 8.09. The number of nitrogens with zero attached hydrogens (tertiary/aromatic N) is 2. The predicted molar refractivity (Wildman–Crippen MR) is 125 cm³/mol. The molecule has 1 aromatic heterocycles. The van der Waals surface area contributed by atoms with Crippen molar-refractivity contribution in [1.29, 1.82) is 0 Å². The van der Waals surface area contributed by atoms with Crippen LogP contribution in [0.25, 0.3) is 11.3 Å². The van der Waals surface area contributed by atoms with Gasteiger partial charge in [-0.15, -0.1) is 0 Å². The molecule has 1 saturated carbocycles. The Morgan fingerprint density at radius 1 is 1.09 bits per heavy atom. The molecule has 7 nitrogen and oxygen atoms in total. The van der Waals surface area contributed by atoms with E-state index >= 15 is 0 Å². The monoisotopic (exact) mass is 467 g/mol. The fourth-order valence-corrected chi connectivity index (χ4v) is 6.10. The molecule has 2 aliphatic rings. The van der Waals surface area contributed by atoms with Crippen LogP contribution < -0.4 is 5.14 Å². The summed E-state index contributed by atoms with van der Waals surface area (Å²) in [5, 5.41) is 16.4. The Bertz CT molecular complexity index is 1230. The number of aliphatic hydroxyl groups excluding tert-OH is 1. The van der Waals surface area contributed by atoms with Crippen molar-refractivity contribution in [3.05, 3.63) is 72.2 Å². The van der Waals surface area contributed by atoms with Gasteiger partial charge < -0.3 is 14.4 Å². The number of fused-ring (bicyclic) bond motifs is 3. The molecule has 2 aromatic carbocycles. The maximum Gasteiger partial charge on any atom is 0.238 e. The molecule has 2 heterocycles. The van der Waals surface area contributed by atoms with Crippen LogP contribution in [0.15, 0.2) is 66.0 Å². The molecule has 33 heavy (non-hydrogen) atoms. The lowest BCUT2D eigenvalue weighted by Crippen LogP contribution is -2.30. The second kappa shape index (κ2) is 9.02. The van der Waals surface area contributed by atoms with Crippen molar-refractivity contribution in [1.82, 2.24) is 9.55 Å². The van der Waals surface area contributed by atoms with Crippen LogP contribution in [0.5, 0.6) is 0 Å². The van der Waals surface area contributed by atoms with Gasteiger partial charge in [-0.2, -0.15) is 0 Å². The average molecular weight is 468 g/mol. The average Bonchev–Trinajstić information content (AvgIpc) is 3.40. The lowest BCUT2D eigenvalue weighted by atomic mass is 9.81. The van der Waals surface area contributed by atoms with E-state index in [-0.39, 0.29) is 29.6 Å². The van der Waals surface area contributed by atoms with Gasteiger partial charge in [0.05, 0.1) is 48.0 Å². The summed E-state index contributed by atoms with van der Waals surface area (Å²) in [7, 11) is -3.78. The van der Waals surface area contributed by atoms with Crippen molar-refractivity contribution in [2.24, 2.45) is 11.1 Å². The van der Waals surface area contributed by atoms with Crippen molar-refractivity contribution in [3.8, 4) is 11.3 Å². The molecule has 3 aromatic rings. The molecule has 3 N–H and O–H groups in total. The Balaban J connectivity index is 1.17. The summed E-state index contributed by atoms with van der Waals surface area (Å²) >= 11 is 0. The quantitative estimate of drug-likeness (QED) is 0.552. The molecule has 2 unspecified atom stereocenters. The number of aromatic nitrogens is 2. The summed E-state index contributed by atoms with van der Waals surface area (Å²) in [5.74, 6) is 0.223. The summed E-state index contributed by atoms with van der Waals surface area (Å²) in [6, 6.07) is 15.1. The molecule has 8 heteroatoms. The summed E-state index contributed by atoms with van der Waals surface area (Å²) in [4.78, 5) is 4.42. The highest BCUT2D eigenvalue weighted by Gasteiger charge is 2.33. The zero-order valence-electron chi connectivity index (χ0n) is 18.4. The highest BCUT2D eigenvalue weighted by Crippen LogP contribution is 2.42. The zero-order valence-corrected chi connectivity index (χ0v) is 19.2. The Hall–Kier alpha value is -2.52. The Morgan fingerprint density at radius 3 is 2.61 bits per heavy atom. The third kappa shape index (κ3) is 4.48. The van der Waals surface area contributed by atoms with Crippen molar-refractivity contribution in [2.45, 2.75) is 61.9 Å². The van der Waals surface area contributed by atoms with Crippen LogP contribution in [0.2, 0.25) is 0 Å². The predicted octanol–water partition coefficient (Wildman–Crippen LogP) is 3.63. The third-order valence-electron chi connectivity index (χ3n) is 7.08. The van der Waals surface area contributed by atoms with Crippen LogP contribution >= 0.6 is 0 Å². The van der Waals surface area contributed by atoms with E-state index in [4.69, 9.17) is 9.88 Å². The molecule has 1 aliphatic carbocycles. The number of rotatable bonds is 7. The standard InChI is InChI=1S/C25H29N3O4S/c26-33(30,31)25-8-4-1-5-18(25)15-32-19-11-9-17(10-12-19)24(29)13-22-20-6-2-3-7-21(20)23-14-27-16-28(22)23/h1-8,14,16-17,19,22,24,29H,9-13,15H2,(H2,26,30,31). The fourth-order valence-electron chi connectivity index (χ4n) is 5.34. The first kappa shape index (κ1) is 22.3. The van der Waals surface area contributed by atoms with Crippen LogP contribution in [-0.2, 0) is 21.4 Å². The van der Waals surface area contributed by atoms with Gasteiger partial charge in [0.25, 0.3) is 0 Å². The molecular formula is C25H29N3O4S. The van der Waals surface area contributed by atoms with Crippen molar-refractivity contribution >= 4 is 10.0 Å². The first-order chi connectivity index (χ1) is 15.9. The van der Waals surface area contributed by atoms with Crippen LogP contribution in [0.3, 0.4) is 0 Å². The molecule has 0 radical (unpaired) electrons. The van der Waals surface area contributed by atoms with Crippen molar-refractivity contribution in [2.75, 3.05) is 0 Å². The van der Waals surface area contributed by atoms with Gasteiger partial charge in [0.1, 0.15) is 0 Å². The smallest absolute Gasteiger partial charge is 0.238 e. The van der Waals surface area contributed by atoms with Gasteiger partial charge in [0.15, 0.2) is 0 Å². The number of sulfonamides is 1.